The standard InChI is InChI=1S/C26H36N3O2P/c1-4-32(30,5-2)25-13-12-21(22-9-8-15-27-26(22)25)14-16-28-17-19-29(20-18-28)23-10-6-7-11-24(23)31-3/h6-13,15,30,32H,4-5,14,16-20H2,1-3H3. The van der Waals surface area contributed by atoms with Crippen molar-refractivity contribution in [1.82, 2.24) is 9.88 Å². The minimum atomic E-state index is -2.45. The summed E-state index contributed by atoms with van der Waals surface area (Å²) in [5.41, 5.74) is 3.52. The molecule has 1 N–H and O–H groups in total. The molecule has 172 valence electrons. The molecule has 1 fully saturated rings. The van der Waals surface area contributed by atoms with Crippen LogP contribution in [0.15, 0.2) is 54.7 Å². The number of ether oxygens (including phenoxy) is 1. The van der Waals surface area contributed by atoms with Crippen molar-refractivity contribution in [3.63, 3.8) is 0 Å². The van der Waals surface area contributed by atoms with Gasteiger partial charge in [0.2, 0.25) is 0 Å². The molecule has 1 aliphatic rings. The predicted octanol–water partition coefficient (Wildman–Crippen LogP) is 3.93. The molecule has 0 amide bonds. The molecule has 0 aliphatic carbocycles. The molecule has 1 saturated heterocycles. The number of anilines is 1. The van der Waals surface area contributed by atoms with E-state index in [4.69, 9.17) is 9.72 Å². The third kappa shape index (κ3) is 4.61. The van der Waals surface area contributed by atoms with Gasteiger partial charge < -0.3 is 4.74 Å². The van der Waals surface area contributed by atoms with Crippen LogP contribution in [0.25, 0.3) is 10.9 Å². The number of aromatic nitrogens is 1. The molecule has 0 saturated carbocycles. The van der Waals surface area contributed by atoms with Crippen molar-refractivity contribution < 1.29 is 9.63 Å². The zero-order valence-corrected chi connectivity index (χ0v) is 20.6. The van der Waals surface area contributed by atoms with Gasteiger partial charge in [0, 0.05) is 0 Å². The van der Waals surface area contributed by atoms with Gasteiger partial charge >= 0.3 is 162 Å². The molecule has 1 aliphatic heterocycles. The Morgan fingerprint density at radius 1 is 0.969 bits per heavy atom. The second kappa shape index (κ2) is 10.2. The fraction of sp³-hybridized carbons (Fsp3) is 0.423. The van der Waals surface area contributed by atoms with Crippen LogP contribution in [0.5, 0.6) is 5.75 Å². The maximum absolute atomic E-state index is 11.3. The zero-order chi connectivity index (χ0) is 22.6. The molecule has 0 radical (unpaired) electrons. The number of nitrogens with zero attached hydrogens (tertiary/aromatic N) is 3. The molecular weight excluding hydrogens is 417 g/mol. The van der Waals surface area contributed by atoms with Gasteiger partial charge in [0.1, 0.15) is 0 Å². The van der Waals surface area contributed by atoms with Gasteiger partial charge in [-0.25, -0.2) is 0 Å². The van der Waals surface area contributed by atoms with Crippen molar-refractivity contribution in [2.75, 3.05) is 57.1 Å². The van der Waals surface area contributed by atoms with Crippen LogP contribution >= 0.6 is 7.49 Å². The van der Waals surface area contributed by atoms with E-state index in [-0.39, 0.29) is 0 Å². The number of rotatable bonds is 8. The quantitative estimate of drug-likeness (QED) is 0.524. The van der Waals surface area contributed by atoms with Gasteiger partial charge in [-0.15, -0.1) is 0 Å². The molecule has 0 atom stereocenters. The molecule has 0 spiro atoms. The van der Waals surface area contributed by atoms with Crippen LogP contribution < -0.4 is 14.9 Å². The van der Waals surface area contributed by atoms with Crippen molar-refractivity contribution >= 4 is 29.4 Å². The van der Waals surface area contributed by atoms with Crippen LogP contribution in [-0.2, 0) is 6.42 Å². The summed E-state index contributed by atoms with van der Waals surface area (Å²) in [5.74, 6) is 0.947. The Morgan fingerprint density at radius 2 is 1.72 bits per heavy atom. The first-order valence-electron chi connectivity index (χ1n) is 11.8. The number of piperazine rings is 1. The first-order chi connectivity index (χ1) is 15.6. The van der Waals surface area contributed by atoms with E-state index in [1.54, 1.807) is 7.11 Å². The molecule has 0 unspecified atom stereocenters. The fourth-order valence-corrected chi connectivity index (χ4v) is 7.13. The van der Waals surface area contributed by atoms with Crippen LogP contribution in [-0.4, -0.2) is 66.9 Å². The van der Waals surface area contributed by atoms with E-state index in [1.165, 1.54) is 16.6 Å². The number of para-hydroxylation sites is 2. The van der Waals surface area contributed by atoms with Gasteiger partial charge in [0.25, 0.3) is 0 Å². The van der Waals surface area contributed by atoms with Crippen LogP contribution in [0.3, 0.4) is 0 Å². The molecule has 2 heterocycles. The minimum absolute atomic E-state index is 0.824. The number of fused-ring (bicyclic) bond motifs is 1. The molecule has 5 nitrogen and oxygen atoms in total. The number of benzene rings is 2. The molecule has 2 aromatic carbocycles. The fourth-order valence-electron chi connectivity index (χ4n) is 4.84. The van der Waals surface area contributed by atoms with Gasteiger partial charge in [0.15, 0.2) is 0 Å². The summed E-state index contributed by atoms with van der Waals surface area (Å²) in [4.78, 5) is 20.9. The van der Waals surface area contributed by atoms with E-state index in [0.29, 0.717) is 0 Å². The van der Waals surface area contributed by atoms with E-state index >= 15 is 0 Å². The predicted molar refractivity (Wildman–Crippen MR) is 138 cm³/mol. The molecule has 1 aromatic heterocycles. The number of methoxy groups -OCH3 is 1. The van der Waals surface area contributed by atoms with Crippen LogP contribution in [0.2, 0.25) is 0 Å². The number of hydrogen-bond acceptors (Lipinski definition) is 5. The van der Waals surface area contributed by atoms with E-state index in [1.807, 2.05) is 24.4 Å². The molecule has 4 rings (SSSR count). The Labute approximate surface area is 192 Å². The summed E-state index contributed by atoms with van der Waals surface area (Å²) in [6.45, 7) is 9.34. The second-order valence-electron chi connectivity index (χ2n) is 8.66. The first-order valence-corrected chi connectivity index (χ1v) is 14.2. The Hall–Kier alpha value is -2.20. The molecular formula is C26H36N3O2P. The van der Waals surface area contributed by atoms with Crippen molar-refractivity contribution in [3.8, 4) is 5.75 Å². The first kappa shape index (κ1) is 23.0. The third-order valence-electron chi connectivity index (χ3n) is 7.03. The van der Waals surface area contributed by atoms with Crippen molar-refractivity contribution in [1.29, 1.82) is 0 Å². The monoisotopic (exact) mass is 453 g/mol. The second-order valence-corrected chi connectivity index (χ2v) is 12.7. The van der Waals surface area contributed by atoms with Crippen molar-refractivity contribution in [3.05, 3.63) is 60.3 Å². The summed E-state index contributed by atoms with van der Waals surface area (Å²) in [7, 11) is -0.713. The van der Waals surface area contributed by atoms with Gasteiger partial charge in [0.05, 0.1) is 7.11 Å². The normalized spacial score (nSPS) is 15.8. The van der Waals surface area contributed by atoms with Gasteiger partial charge in [-0.3, -0.25) is 0 Å². The Balaban J connectivity index is 1.44. The Morgan fingerprint density at radius 3 is 2.44 bits per heavy atom. The summed E-state index contributed by atoms with van der Waals surface area (Å²) >= 11 is 0. The van der Waals surface area contributed by atoms with E-state index < -0.39 is 7.49 Å². The Bertz CT molecular complexity index is 1050. The van der Waals surface area contributed by atoms with Gasteiger partial charge in [-0.1, -0.05) is 12.1 Å². The molecule has 32 heavy (non-hydrogen) atoms. The van der Waals surface area contributed by atoms with Gasteiger partial charge in [-0.2, -0.15) is 0 Å². The van der Waals surface area contributed by atoms with Crippen LogP contribution in [0.4, 0.5) is 5.69 Å². The summed E-state index contributed by atoms with van der Waals surface area (Å²) in [6, 6.07) is 16.8. The molecule has 6 heteroatoms. The SMILES string of the molecule is CC[PH](O)(CC)c1ccc(CCN2CCN(c3ccccc3OC)CC2)c2cccnc12. The summed E-state index contributed by atoms with van der Waals surface area (Å²) < 4.78 is 5.55. The topological polar surface area (TPSA) is 48.8 Å². The maximum atomic E-state index is 11.3. The third-order valence-corrected chi connectivity index (χ3v) is 10.8. The van der Waals surface area contributed by atoms with E-state index in [9.17, 15) is 4.89 Å². The average molecular weight is 454 g/mol. The number of hydrogen-bond donors (Lipinski definition) is 1. The van der Waals surface area contributed by atoms with Crippen LogP contribution in [0.1, 0.15) is 19.4 Å². The summed E-state index contributed by atoms with van der Waals surface area (Å²) in [5, 5.41) is 2.29. The van der Waals surface area contributed by atoms with Crippen LogP contribution in [0, 0.1) is 0 Å². The van der Waals surface area contributed by atoms with Crippen molar-refractivity contribution in [2.45, 2.75) is 20.3 Å². The van der Waals surface area contributed by atoms with E-state index in [0.717, 1.165) is 68.0 Å². The average Bonchev–Trinajstić information content (AvgIpc) is 2.87. The Kier molecular flexibility index (Phi) is 7.30. The summed E-state index contributed by atoms with van der Waals surface area (Å²) in [6.07, 6.45) is 4.50. The zero-order valence-electron chi connectivity index (χ0n) is 19.6. The van der Waals surface area contributed by atoms with Gasteiger partial charge in [-0.05, 0) is 6.07 Å². The number of pyridine rings is 1. The molecule has 0 bridgehead atoms. The molecule has 3 aromatic rings. The van der Waals surface area contributed by atoms with Crippen molar-refractivity contribution in [2.24, 2.45) is 0 Å². The van der Waals surface area contributed by atoms with E-state index in [2.05, 4.69) is 54.0 Å².